The van der Waals surface area contributed by atoms with Gasteiger partial charge in [0.1, 0.15) is 11.9 Å². The van der Waals surface area contributed by atoms with Crippen LogP contribution >= 0.6 is 11.6 Å². The zero-order chi connectivity index (χ0) is 17.1. The van der Waals surface area contributed by atoms with E-state index in [0.717, 1.165) is 18.4 Å². The van der Waals surface area contributed by atoms with E-state index in [0.29, 0.717) is 23.1 Å². The lowest BCUT2D eigenvalue weighted by Crippen LogP contribution is -2.28. The topological polar surface area (TPSA) is 70.7 Å². The van der Waals surface area contributed by atoms with E-state index in [1.807, 2.05) is 30.3 Å². The van der Waals surface area contributed by atoms with Crippen molar-refractivity contribution in [1.29, 1.82) is 5.26 Å². The number of halogens is 1. The van der Waals surface area contributed by atoms with Gasteiger partial charge in [0.2, 0.25) is 0 Å². The zero-order valence-electron chi connectivity index (χ0n) is 13.6. The molecule has 0 radical (unpaired) electrons. The maximum absolute atomic E-state index is 12.5. The van der Waals surface area contributed by atoms with Crippen molar-refractivity contribution in [2.75, 3.05) is 5.32 Å². The average Bonchev–Trinajstić information content (AvgIpc) is 3.06. The van der Waals surface area contributed by atoms with E-state index in [9.17, 15) is 10.1 Å². The number of nitrogens with one attached hydrogen (secondary N) is 1. The van der Waals surface area contributed by atoms with Gasteiger partial charge in [-0.2, -0.15) is 5.26 Å². The molecule has 3 rings (SSSR count). The fraction of sp³-hybridized carbons (Fsp3) is 0.389. The Labute approximate surface area is 145 Å². The first-order valence-corrected chi connectivity index (χ1v) is 8.47. The largest absolute Gasteiger partial charge is 0.366 e. The van der Waals surface area contributed by atoms with Crippen molar-refractivity contribution >= 4 is 17.4 Å². The Bertz CT molecular complexity index is 847. The molecule has 1 aliphatic rings. The molecular formula is C18H19ClN4O. The minimum Gasteiger partial charge on any atom is -0.366 e. The third-order valence-electron chi connectivity index (χ3n) is 4.44. The number of rotatable bonds is 4. The Morgan fingerprint density at radius 3 is 2.83 bits per heavy atom. The van der Waals surface area contributed by atoms with Crippen LogP contribution in [0.15, 0.2) is 29.1 Å². The fourth-order valence-electron chi connectivity index (χ4n) is 3.10. The molecule has 0 bridgehead atoms. The second-order valence-corrected chi connectivity index (χ2v) is 6.60. The van der Waals surface area contributed by atoms with Crippen molar-refractivity contribution in [3.63, 3.8) is 0 Å². The SMILES string of the molecule is Cn1c(Cc2cccc(Cl)c2)nc(NC2CCCC2)c(C#N)c1=O. The molecule has 124 valence electrons. The molecule has 0 unspecified atom stereocenters. The molecular weight excluding hydrogens is 324 g/mol. The molecule has 1 aromatic heterocycles. The van der Waals surface area contributed by atoms with Crippen molar-refractivity contribution in [2.45, 2.75) is 38.1 Å². The molecule has 0 aliphatic heterocycles. The van der Waals surface area contributed by atoms with Crippen LogP contribution in [-0.2, 0) is 13.5 Å². The van der Waals surface area contributed by atoms with Crippen molar-refractivity contribution < 1.29 is 0 Å². The first-order chi connectivity index (χ1) is 11.6. The predicted octanol–water partition coefficient (Wildman–Crippen LogP) is 3.25. The quantitative estimate of drug-likeness (QED) is 0.925. The number of hydrogen-bond acceptors (Lipinski definition) is 4. The number of anilines is 1. The van der Waals surface area contributed by atoms with Crippen molar-refractivity contribution in [3.05, 3.63) is 56.6 Å². The Hall–Kier alpha value is -2.32. The van der Waals surface area contributed by atoms with E-state index in [4.69, 9.17) is 11.6 Å². The van der Waals surface area contributed by atoms with Crippen LogP contribution in [0.3, 0.4) is 0 Å². The van der Waals surface area contributed by atoms with Gasteiger partial charge in [-0.05, 0) is 30.5 Å². The van der Waals surface area contributed by atoms with Crippen molar-refractivity contribution in [1.82, 2.24) is 9.55 Å². The Morgan fingerprint density at radius 1 is 1.42 bits per heavy atom. The molecule has 0 saturated heterocycles. The van der Waals surface area contributed by atoms with E-state index in [-0.39, 0.29) is 17.2 Å². The molecule has 5 nitrogen and oxygen atoms in total. The number of nitriles is 1. The lowest BCUT2D eigenvalue weighted by atomic mass is 10.1. The summed E-state index contributed by atoms with van der Waals surface area (Å²) in [5.41, 5.74) is 0.741. The Kier molecular flexibility index (Phi) is 4.86. The third-order valence-corrected chi connectivity index (χ3v) is 4.68. The fourth-order valence-corrected chi connectivity index (χ4v) is 3.32. The Morgan fingerprint density at radius 2 is 2.17 bits per heavy atom. The molecule has 6 heteroatoms. The van der Waals surface area contributed by atoms with Gasteiger partial charge in [-0.1, -0.05) is 36.6 Å². The predicted molar refractivity (Wildman–Crippen MR) is 94.3 cm³/mol. The standard InChI is InChI=1S/C18H19ClN4O/c1-23-16(10-12-5-4-6-13(19)9-12)22-17(15(11-20)18(23)24)21-14-7-2-3-8-14/h4-6,9,14,21H,2-3,7-8,10H2,1H3. The molecule has 2 aromatic rings. The van der Waals surface area contributed by atoms with Crippen LogP contribution in [0.5, 0.6) is 0 Å². The van der Waals surface area contributed by atoms with Crippen LogP contribution in [0.4, 0.5) is 5.82 Å². The van der Waals surface area contributed by atoms with Crippen molar-refractivity contribution in [2.24, 2.45) is 7.05 Å². The number of nitrogens with zero attached hydrogens (tertiary/aromatic N) is 3. The van der Waals surface area contributed by atoms with E-state index < -0.39 is 0 Å². The maximum Gasteiger partial charge on any atom is 0.273 e. The monoisotopic (exact) mass is 342 g/mol. The minimum atomic E-state index is -0.315. The molecule has 1 fully saturated rings. The van der Waals surface area contributed by atoms with Crippen molar-refractivity contribution in [3.8, 4) is 6.07 Å². The van der Waals surface area contributed by atoms with Crippen LogP contribution in [0, 0.1) is 11.3 Å². The summed E-state index contributed by atoms with van der Waals surface area (Å²) in [5, 5.41) is 13.3. The van der Waals surface area contributed by atoms with Crippen LogP contribution in [0.25, 0.3) is 0 Å². The summed E-state index contributed by atoms with van der Waals surface area (Å²) >= 11 is 6.03. The summed E-state index contributed by atoms with van der Waals surface area (Å²) < 4.78 is 1.44. The lowest BCUT2D eigenvalue weighted by Gasteiger charge is -2.16. The lowest BCUT2D eigenvalue weighted by molar-refractivity contribution is 0.718. The van der Waals surface area contributed by atoms with Crippen LogP contribution in [0.1, 0.15) is 42.6 Å². The summed E-state index contributed by atoms with van der Waals surface area (Å²) in [6.07, 6.45) is 4.91. The van der Waals surface area contributed by atoms with Gasteiger partial charge in [0.25, 0.3) is 5.56 Å². The molecule has 1 saturated carbocycles. The van der Waals surface area contributed by atoms with Crippen LogP contribution in [0.2, 0.25) is 5.02 Å². The normalized spacial score (nSPS) is 14.5. The highest BCUT2D eigenvalue weighted by Gasteiger charge is 2.20. The van der Waals surface area contributed by atoms with Gasteiger partial charge in [0, 0.05) is 24.5 Å². The summed E-state index contributed by atoms with van der Waals surface area (Å²) in [5.74, 6) is 1.02. The van der Waals surface area contributed by atoms with Gasteiger partial charge in [-0.15, -0.1) is 0 Å². The number of aromatic nitrogens is 2. The highest BCUT2D eigenvalue weighted by molar-refractivity contribution is 6.30. The minimum absolute atomic E-state index is 0.0826. The average molecular weight is 343 g/mol. The maximum atomic E-state index is 12.5. The zero-order valence-corrected chi connectivity index (χ0v) is 14.3. The molecule has 0 atom stereocenters. The van der Waals surface area contributed by atoms with E-state index in [1.54, 1.807) is 7.05 Å². The van der Waals surface area contributed by atoms with Gasteiger partial charge in [0.15, 0.2) is 11.4 Å². The first kappa shape index (κ1) is 16.5. The molecule has 1 heterocycles. The second-order valence-electron chi connectivity index (χ2n) is 6.16. The number of benzene rings is 1. The number of hydrogen-bond donors (Lipinski definition) is 1. The van der Waals surface area contributed by atoms with Crippen LogP contribution < -0.4 is 10.9 Å². The highest BCUT2D eigenvalue weighted by atomic mass is 35.5. The smallest absolute Gasteiger partial charge is 0.273 e. The van der Waals surface area contributed by atoms with Crippen LogP contribution in [-0.4, -0.2) is 15.6 Å². The van der Waals surface area contributed by atoms with E-state index in [1.165, 1.54) is 17.4 Å². The highest BCUT2D eigenvalue weighted by Crippen LogP contribution is 2.23. The van der Waals surface area contributed by atoms with Gasteiger partial charge < -0.3 is 5.32 Å². The van der Waals surface area contributed by atoms with Gasteiger partial charge in [-0.25, -0.2) is 4.98 Å². The molecule has 1 aromatic carbocycles. The summed E-state index contributed by atoms with van der Waals surface area (Å²) in [6.45, 7) is 0. The molecule has 0 amide bonds. The van der Waals surface area contributed by atoms with Gasteiger partial charge >= 0.3 is 0 Å². The summed E-state index contributed by atoms with van der Waals surface area (Å²) in [4.78, 5) is 17.1. The molecule has 1 N–H and O–H groups in total. The van der Waals surface area contributed by atoms with Gasteiger partial charge in [-0.3, -0.25) is 9.36 Å². The first-order valence-electron chi connectivity index (χ1n) is 8.09. The summed E-state index contributed by atoms with van der Waals surface area (Å²) in [6, 6.07) is 9.77. The molecule has 0 spiro atoms. The Balaban J connectivity index is 1.98. The van der Waals surface area contributed by atoms with E-state index >= 15 is 0 Å². The van der Waals surface area contributed by atoms with E-state index in [2.05, 4.69) is 10.3 Å². The molecule has 24 heavy (non-hydrogen) atoms. The molecule has 1 aliphatic carbocycles. The third kappa shape index (κ3) is 3.44. The van der Waals surface area contributed by atoms with Gasteiger partial charge in [0.05, 0.1) is 0 Å². The second kappa shape index (κ2) is 7.06. The summed E-state index contributed by atoms with van der Waals surface area (Å²) in [7, 11) is 1.65.